The van der Waals surface area contributed by atoms with Gasteiger partial charge in [0.15, 0.2) is 0 Å². The van der Waals surface area contributed by atoms with E-state index in [0.29, 0.717) is 11.3 Å². The Labute approximate surface area is 118 Å². The van der Waals surface area contributed by atoms with Gasteiger partial charge in [0, 0.05) is 5.56 Å². The van der Waals surface area contributed by atoms with Gasteiger partial charge in [0.1, 0.15) is 0 Å². The fourth-order valence-corrected chi connectivity index (χ4v) is 2.07. The molecule has 1 aromatic heterocycles. The molecule has 0 aliphatic heterocycles. The summed E-state index contributed by atoms with van der Waals surface area (Å²) >= 11 is 0. The minimum Gasteiger partial charge on any atom is -0.270 e. The molecular weight excluding hydrogens is 307 g/mol. The van der Waals surface area contributed by atoms with Crippen molar-refractivity contribution in [1.29, 1.82) is 0 Å². The number of hydrogen-bond acceptors (Lipinski definition) is 3. The van der Waals surface area contributed by atoms with E-state index < -0.39 is 21.9 Å². The van der Waals surface area contributed by atoms with Gasteiger partial charge in [0.05, 0.1) is 23.1 Å². The minimum absolute atomic E-state index is 0.160. The van der Waals surface area contributed by atoms with Crippen LogP contribution in [0.4, 0.5) is 18.9 Å². The number of nitrogens with one attached hydrogen (secondary N) is 1. The van der Waals surface area contributed by atoms with E-state index in [1.54, 1.807) is 0 Å². The maximum absolute atomic E-state index is 12.4. The van der Waals surface area contributed by atoms with Crippen LogP contribution in [0.5, 0.6) is 0 Å². The zero-order chi connectivity index (χ0) is 15.7. The minimum atomic E-state index is -4.39. The van der Waals surface area contributed by atoms with Crippen molar-refractivity contribution in [1.82, 2.24) is 4.98 Å². The number of rotatable bonds is 3. The second-order valence-electron chi connectivity index (χ2n) is 4.15. The predicted molar refractivity (Wildman–Crippen MR) is 71.4 cm³/mol. The van der Waals surface area contributed by atoms with Crippen molar-refractivity contribution in [2.75, 3.05) is 4.72 Å². The third-order valence-electron chi connectivity index (χ3n) is 2.53. The molecule has 0 radical (unpaired) electrons. The number of aromatic nitrogens is 1. The Hall–Kier alpha value is -2.13. The fourth-order valence-electron chi connectivity index (χ4n) is 1.62. The monoisotopic (exact) mass is 317 g/mol. The molecule has 0 unspecified atom stereocenters. The molecule has 0 bridgehead atoms. The summed E-state index contributed by atoms with van der Waals surface area (Å²) in [6.45, 7) is 0. The number of hydrogen-bond donors (Lipinski definition) is 2. The van der Waals surface area contributed by atoms with Gasteiger partial charge in [-0.3, -0.25) is 9.71 Å². The number of nitrogens with zero attached hydrogens (tertiary/aromatic N) is 1. The first kappa shape index (κ1) is 15.3. The average molecular weight is 317 g/mol. The van der Waals surface area contributed by atoms with Gasteiger partial charge in [0.25, 0.3) is 10.2 Å². The maximum Gasteiger partial charge on any atom is 0.416 e. The Balaban J connectivity index is 2.23. The molecule has 0 saturated heterocycles. The Kier molecular flexibility index (Phi) is 3.88. The maximum atomic E-state index is 12.4. The second kappa shape index (κ2) is 5.34. The van der Waals surface area contributed by atoms with Crippen molar-refractivity contribution in [2.24, 2.45) is 5.14 Å². The normalized spacial score (nSPS) is 12.2. The van der Waals surface area contributed by atoms with E-state index in [1.165, 1.54) is 30.5 Å². The summed E-state index contributed by atoms with van der Waals surface area (Å²) in [6.07, 6.45) is -3.17. The number of pyridine rings is 1. The van der Waals surface area contributed by atoms with Crippen LogP contribution in [0.1, 0.15) is 5.56 Å². The van der Waals surface area contributed by atoms with Crippen LogP contribution in [-0.2, 0) is 16.4 Å². The third kappa shape index (κ3) is 4.17. The first-order valence-corrected chi connectivity index (χ1v) is 7.14. The number of nitrogens with two attached hydrogens (primary N) is 1. The molecule has 3 N–H and O–H groups in total. The molecule has 5 nitrogen and oxygen atoms in total. The van der Waals surface area contributed by atoms with Crippen LogP contribution < -0.4 is 9.86 Å². The summed E-state index contributed by atoms with van der Waals surface area (Å²) in [6, 6.07) is 7.36. The highest BCUT2D eigenvalue weighted by atomic mass is 32.2. The van der Waals surface area contributed by atoms with E-state index in [9.17, 15) is 21.6 Å². The van der Waals surface area contributed by atoms with Crippen LogP contribution in [0.2, 0.25) is 0 Å². The zero-order valence-corrected chi connectivity index (χ0v) is 11.2. The Morgan fingerprint density at radius 1 is 1.05 bits per heavy atom. The Bertz CT molecular complexity index is 726. The molecule has 112 valence electrons. The molecule has 1 heterocycles. The van der Waals surface area contributed by atoms with Crippen LogP contribution in [0, 0.1) is 0 Å². The summed E-state index contributed by atoms with van der Waals surface area (Å²) in [4.78, 5) is 3.96. The van der Waals surface area contributed by atoms with Crippen LogP contribution in [-0.4, -0.2) is 13.4 Å². The van der Waals surface area contributed by atoms with E-state index in [-0.39, 0.29) is 5.69 Å². The molecule has 0 fully saturated rings. The average Bonchev–Trinajstić information content (AvgIpc) is 2.37. The van der Waals surface area contributed by atoms with Gasteiger partial charge in [-0.2, -0.15) is 21.6 Å². The van der Waals surface area contributed by atoms with Crippen LogP contribution in [0.3, 0.4) is 0 Å². The molecule has 2 rings (SSSR count). The van der Waals surface area contributed by atoms with Gasteiger partial charge < -0.3 is 0 Å². The van der Waals surface area contributed by atoms with Crippen molar-refractivity contribution < 1.29 is 21.6 Å². The molecule has 9 heteroatoms. The summed E-state index contributed by atoms with van der Waals surface area (Å²) < 4.78 is 61.0. The molecule has 0 saturated carbocycles. The van der Waals surface area contributed by atoms with E-state index in [2.05, 4.69) is 4.98 Å². The van der Waals surface area contributed by atoms with Crippen molar-refractivity contribution in [3.05, 3.63) is 48.2 Å². The molecular formula is C12H10F3N3O2S. The van der Waals surface area contributed by atoms with E-state index in [1.807, 2.05) is 4.72 Å². The molecule has 2 aromatic rings. The second-order valence-corrected chi connectivity index (χ2v) is 5.45. The highest BCUT2D eigenvalue weighted by Crippen LogP contribution is 2.30. The highest BCUT2D eigenvalue weighted by Gasteiger charge is 2.29. The van der Waals surface area contributed by atoms with Crippen molar-refractivity contribution in [3.63, 3.8) is 0 Å². The lowest BCUT2D eigenvalue weighted by Crippen LogP contribution is -2.21. The summed E-state index contributed by atoms with van der Waals surface area (Å²) in [5.74, 6) is 0. The summed E-state index contributed by atoms with van der Waals surface area (Å²) in [5.41, 5.74) is 0.292. The summed E-state index contributed by atoms with van der Waals surface area (Å²) in [7, 11) is -3.89. The van der Waals surface area contributed by atoms with Gasteiger partial charge in [-0.05, 0) is 24.3 Å². The number of halogens is 3. The van der Waals surface area contributed by atoms with E-state index in [0.717, 1.165) is 12.1 Å². The zero-order valence-electron chi connectivity index (χ0n) is 10.4. The first-order valence-electron chi connectivity index (χ1n) is 5.59. The fraction of sp³-hybridized carbons (Fsp3) is 0.0833. The van der Waals surface area contributed by atoms with E-state index >= 15 is 0 Å². The van der Waals surface area contributed by atoms with Gasteiger partial charge >= 0.3 is 6.18 Å². The molecule has 1 aromatic carbocycles. The summed E-state index contributed by atoms with van der Waals surface area (Å²) in [5, 5.41) is 4.80. The van der Waals surface area contributed by atoms with Crippen LogP contribution in [0.25, 0.3) is 11.3 Å². The lowest BCUT2D eigenvalue weighted by atomic mass is 10.1. The first-order chi connectivity index (χ1) is 9.65. The van der Waals surface area contributed by atoms with E-state index in [4.69, 9.17) is 5.14 Å². The number of alkyl halides is 3. The smallest absolute Gasteiger partial charge is 0.270 e. The quantitative estimate of drug-likeness (QED) is 0.911. The molecule has 21 heavy (non-hydrogen) atoms. The molecule has 0 spiro atoms. The lowest BCUT2D eigenvalue weighted by molar-refractivity contribution is -0.137. The van der Waals surface area contributed by atoms with Crippen molar-refractivity contribution >= 4 is 15.9 Å². The lowest BCUT2D eigenvalue weighted by Gasteiger charge is -2.08. The molecule has 0 aliphatic rings. The van der Waals surface area contributed by atoms with Gasteiger partial charge in [-0.15, -0.1) is 0 Å². The predicted octanol–water partition coefficient (Wildman–Crippen LogP) is 2.38. The van der Waals surface area contributed by atoms with Crippen molar-refractivity contribution in [2.45, 2.75) is 6.18 Å². The number of anilines is 1. The standard InChI is InChI=1S/C12H10F3N3O2S/c13-12(14,15)9-3-1-8(2-4-9)11-6-5-10(7-17-11)18-21(16,19)20/h1-7,18H,(H2,16,19,20). The van der Waals surface area contributed by atoms with Gasteiger partial charge in [0.2, 0.25) is 0 Å². The molecule has 0 amide bonds. The third-order valence-corrected chi connectivity index (χ3v) is 3.05. The number of benzene rings is 1. The Morgan fingerprint density at radius 3 is 2.10 bits per heavy atom. The van der Waals surface area contributed by atoms with Crippen LogP contribution in [0.15, 0.2) is 42.6 Å². The molecule has 0 aliphatic carbocycles. The topological polar surface area (TPSA) is 85.1 Å². The van der Waals surface area contributed by atoms with Crippen molar-refractivity contribution in [3.8, 4) is 11.3 Å². The Morgan fingerprint density at radius 2 is 1.67 bits per heavy atom. The highest BCUT2D eigenvalue weighted by molar-refractivity contribution is 7.90. The van der Waals surface area contributed by atoms with Crippen LogP contribution >= 0.6 is 0 Å². The van der Waals surface area contributed by atoms with Gasteiger partial charge in [-0.1, -0.05) is 12.1 Å². The SMILES string of the molecule is NS(=O)(=O)Nc1ccc(-c2ccc(C(F)(F)F)cc2)nc1. The largest absolute Gasteiger partial charge is 0.416 e. The molecule has 0 atom stereocenters. The van der Waals surface area contributed by atoms with Gasteiger partial charge in [-0.25, -0.2) is 5.14 Å².